The second-order valence-corrected chi connectivity index (χ2v) is 8.56. The summed E-state index contributed by atoms with van der Waals surface area (Å²) in [6.07, 6.45) is 2.16. The Morgan fingerprint density at radius 3 is 2.25 bits per heavy atom. The quantitative estimate of drug-likeness (QED) is 0.327. The predicted octanol–water partition coefficient (Wildman–Crippen LogP) is 4.17. The summed E-state index contributed by atoms with van der Waals surface area (Å²) in [4.78, 5) is 35.4. The van der Waals surface area contributed by atoms with Crippen LogP contribution in [0.25, 0.3) is 0 Å². The Balaban J connectivity index is 1.93. The number of amides is 2. The van der Waals surface area contributed by atoms with E-state index in [1.54, 1.807) is 32.9 Å². The summed E-state index contributed by atoms with van der Waals surface area (Å²) < 4.78 is 5.28. The van der Waals surface area contributed by atoms with Crippen LogP contribution in [0.15, 0.2) is 54.6 Å². The van der Waals surface area contributed by atoms with Gasteiger partial charge in [-0.05, 0) is 51.2 Å². The minimum atomic E-state index is -0.861. The number of alkyl carbamates (subject to hydrolysis) is 1. The van der Waals surface area contributed by atoms with Crippen LogP contribution in [0.3, 0.4) is 0 Å². The molecule has 0 aromatic heterocycles. The molecule has 172 valence electrons. The largest absolute Gasteiger partial charge is 0.444 e. The molecule has 2 aromatic carbocycles. The summed E-state index contributed by atoms with van der Waals surface area (Å²) >= 11 is 0. The van der Waals surface area contributed by atoms with Gasteiger partial charge in [0.25, 0.3) is 5.69 Å². The van der Waals surface area contributed by atoms with E-state index in [1.807, 2.05) is 18.2 Å². The van der Waals surface area contributed by atoms with Gasteiger partial charge in [0.2, 0.25) is 5.91 Å². The van der Waals surface area contributed by atoms with E-state index in [4.69, 9.17) is 4.74 Å². The highest BCUT2D eigenvalue weighted by atomic mass is 16.6. The van der Waals surface area contributed by atoms with Crippen LogP contribution >= 0.6 is 0 Å². The average molecular weight is 442 g/mol. The van der Waals surface area contributed by atoms with E-state index in [0.29, 0.717) is 12.1 Å². The van der Waals surface area contributed by atoms with Gasteiger partial charge >= 0.3 is 6.09 Å². The number of nitro groups is 1. The molecule has 0 fully saturated rings. The fraction of sp³-hybridized carbons (Fsp3) is 0.417. The first-order valence-corrected chi connectivity index (χ1v) is 10.7. The van der Waals surface area contributed by atoms with E-state index in [2.05, 4.69) is 22.8 Å². The summed E-state index contributed by atoms with van der Waals surface area (Å²) in [5.41, 5.74) is 1.21. The molecule has 0 unspecified atom stereocenters. The Morgan fingerprint density at radius 2 is 1.66 bits per heavy atom. The maximum absolute atomic E-state index is 12.8. The molecule has 0 aliphatic carbocycles. The second kappa shape index (κ2) is 11.8. The van der Waals surface area contributed by atoms with Crippen molar-refractivity contribution in [3.05, 3.63) is 75.8 Å². The second-order valence-electron chi connectivity index (χ2n) is 8.56. The lowest BCUT2D eigenvalue weighted by Gasteiger charge is -2.23. The van der Waals surface area contributed by atoms with Gasteiger partial charge in [0.15, 0.2) is 0 Å². The molecule has 8 heteroatoms. The molecular weight excluding hydrogens is 410 g/mol. The fourth-order valence-corrected chi connectivity index (χ4v) is 3.08. The first-order valence-electron chi connectivity index (χ1n) is 10.7. The zero-order valence-corrected chi connectivity index (χ0v) is 18.8. The van der Waals surface area contributed by atoms with Crippen LogP contribution in [0.5, 0.6) is 0 Å². The van der Waals surface area contributed by atoms with Gasteiger partial charge in [0, 0.05) is 25.1 Å². The van der Waals surface area contributed by atoms with Gasteiger partial charge in [-0.2, -0.15) is 0 Å². The van der Waals surface area contributed by atoms with Gasteiger partial charge in [-0.25, -0.2) is 4.79 Å². The lowest BCUT2D eigenvalue weighted by molar-refractivity contribution is -0.384. The number of rotatable bonds is 10. The third-order valence-electron chi connectivity index (χ3n) is 4.63. The first-order chi connectivity index (χ1) is 15.1. The van der Waals surface area contributed by atoms with Crippen molar-refractivity contribution < 1.29 is 19.2 Å². The van der Waals surface area contributed by atoms with Crippen molar-refractivity contribution in [1.29, 1.82) is 0 Å². The molecule has 32 heavy (non-hydrogen) atoms. The monoisotopic (exact) mass is 441 g/mol. The van der Waals surface area contributed by atoms with Gasteiger partial charge in [0.05, 0.1) is 4.92 Å². The van der Waals surface area contributed by atoms with Gasteiger partial charge in [-0.3, -0.25) is 14.9 Å². The smallest absolute Gasteiger partial charge is 0.408 e. The maximum Gasteiger partial charge on any atom is 0.408 e. The van der Waals surface area contributed by atoms with Gasteiger partial charge in [-0.1, -0.05) is 42.5 Å². The minimum absolute atomic E-state index is 0.0340. The molecule has 2 rings (SSSR count). The molecule has 0 saturated carbocycles. The van der Waals surface area contributed by atoms with E-state index in [0.717, 1.165) is 19.3 Å². The molecule has 2 N–H and O–H groups in total. The molecule has 0 radical (unpaired) electrons. The van der Waals surface area contributed by atoms with Crippen molar-refractivity contribution in [2.45, 2.75) is 58.1 Å². The topological polar surface area (TPSA) is 111 Å². The number of nitrogens with one attached hydrogen (secondary N) is 2. The van der Waals surface area contributed by atoms with Gasteiger partial charge in [0.1, 0.15) is 11.6 Å². The van der Waals surface area contributed by atoms with Crippen molar-refractivity contribution in [2.75, 3.05) is 6.54 Å². The summed E-state index contributed by atoms with van der Waals surface area (Å²) in [7, 11) is 0. The average Bonchev–Trinajstić information content (AvgIpc) is 2.72. The van der Waals surface area contributed by atoms with Crippen LogP contribution in [-0.4, -0.2) is 35.1 Å². The Bertz CT molecular complexity index is 892. The lowest BCUT2D eigenvalue weighted by Crippen LogP contribution is -2.49. The summed E-state index contributed by atoms with van der Waals surface area (Å²) in [5, 5.41) is 16.3. The number of hydrogen-bond acceptors (Lipinski definition) is 5. The van der Waals surface area contributed by atoms with Crippen molar-refractivity contribution in [2.24, 2.45) is 0 Å². The molecule has 0 heterocycles. The highest BCUT2D eigenvalue weighted by Gasteiger charge is 2.24. The molecule has 0 bridgehead atoms. The molecule has 0 aliphatic rings. The van der Waals surface area contributed by atoms with E-state index in [9.17, 15) is 19.7 Å². The van der Waals surface area contributed by atoms with E-state index >= 15 is 0 Å². The summed E-state index contributed by atoms with van der Waals surface area (Å²) in [5.74, 6) is -0.325. The number of non-ortho nitro benzene ring substituents is 1. The van der Waals surface area contributed by atoms with Crippen LogP contribution in [0.2, 0.25) is 0 Å². The van der Waals surface area contributed by atoms with Gasteiger partial charge < -0.3 is 15.4 Å². The predicted molar refractivity (Wildman–Crippen MR) is 122 cm³/mol. The molecule has 2 aromatic rings. The van der Waals surface area contributed by atoms with Gasteiger partial charge in [-0.15, -0.1) is 0 Å². The van der Waals surface area contributed by atoms with Crippen molar-refractivity contribution in [1.82, 2.24) is 10.6 Å². The molecule has 2 amide bonds. The summed E-state index contributed by atoms with van der Waals surface area (Å²) in [6, 6.07) is 15.2. The third-order valence-corrected chi connectivity index (χ3v) is 4.63. The van der Waals surface area contributed by atoms with Crippen molar-refractivity contribution >= 4 is 17.7 Å². The van der Waals surface area contributed by atoms with Crippen LogP contribution in [-0.2, 0) is 22.4 Å². The molecule has 0 saturated heterocycles. The number of ether oxygens (including phenoxy) is 1. The normalized spacial score (nSPS) is 12.0. The number of aryl methyl sites for hydroxylation is 1. The number of nitrogens with zero attached hydrogens (tertiary/aromatic N) is 1. The lowest BCUT2D eigenvalue weighted by atomic mass is 10.0. The highest BCUT2D eigenvalue weighted by molar-refractivity contribution is 5.86. The van der Waals surface area contributed by atoms with E-state index < -0.39 is 22.7 Å². The Labute approximate surface area is 188 Å². The standard InChI is InChI=1S/C24H31N3O5/c1-24(2,3)32-23(29)26-21(17-19-12-14-20(15-13-19)27(30)31)22(28)25-16-8-7-11-18-9-5-4-6-10-18/h4-6,9-10,12-15,21H,7-8,11,16-17H2,1-3H3,(H,25,28)(H,26,29)/t21-/m0/s1. The zero-order chi connectivity index (χ0) is 23.6. The van der Waals surface area contributed by atoms with Crippen molar-refractivity contribution in [3.8, 4) is 0 Å². The van der Waals surface area contributed by atoms with Crippen LogP contribution in [0.4, 0.5) is 10.5 Å². The molecular formula is C24H31N3O5. The molecule has 8 nitrogen and oxygen atoms in total. The third kappa shape index (κ3) is 9.16. The van der Waals surface area contributed by atoms with Crippen LogP contribution in [0.1, 0.15) is 44.7 Å². The number of carbonyl (C=O) groups excluding carboxylic acids is 2. The number of benzene rings is 2. The Morgan fingerprint density at radius 1 is 1.00 bits per heavy atom. The zero-order valence-electron chi connectivity index (χ0n) is 18.8. The molecule has 1 atom stereocenters. The Hall–Kier alpha value is -3.42. The SMILES string of the molecule is CC(C)(C)OC(=O)N[C@@H](Cc1ccc([N+](=O)[O-])cc1)C(=O)NCCCCc1ccccc1. The maximum atomic E-state index is 12.8. The number of carbonyl (C=O) groups is 2. The fourth-order valence-electron chi connectivity index (χ4n) is 3.08. The van der Waals surface area contributed by atoms with E-state index in [1.165, 1.54) is 17.7 Å². The number of unbranched alkanes of at least 4 members (excludes halogenated alkanes) is 1. The Kier molecular flexibility index (Phi) is 9.19. The number of nitro benzene ring substituents is 1. The molecule has 0 spiro atoms. The van der Waals surface area contributed by atoms with Crippen LogP contribution < -0.4 is 10.6 Å². The highest BCUT2D eigenvalue weighted by Crippen LogP contribution is 2.14. The number of hydrogen-bond donors (Lipinski definition) is 2. The van der Waals surface area contributed by atoms with Crippen molar-refractivity contribution in [3.63, 3.8) is 0 Å². The van der Waals surface area contributed by atoms with Crippen LogP contribution in [0, 0.1) is 10.1 Å². The van der Waals surface area contributed by atoms with E-state index in [-0.39, 0.29) is 18.0 Å². The first kappa shape index (κ1) is 24.8. The minimum Gasteiger partial charge on any atom is -0.444 e. The molecule has 0 aliphatic heterocycles. The summed E-state index contributed by atoms with van der Waals surface area (Å²) in [6.45, 7) is 5.71.